The Hall–Kier alpha value is -2.24. The number of nitrogens with zero attached hydrogens (tertiary/aromatic N) is 2. The van der Waals surface area contributed by atoms with Crippen molar-refractivity contribution in [3.63, 3.8) is 0 Å². The molecule has 16 heavy (non-hydrogen) atoms. The lowest BCUT2D eigenvalue weighted by molar-refractivity contribution is 0.111. The minimum atomic E-state index is -0.604. The van der Waals surface area contributed by atoms with Gasteiger partial charge >= 0.3 is 0 Å². The van der Waals surface area contributed by atoms with Gasteiger partial charge in [-0.2, -0.15) is 4.98 Å². The molecular weight excluding hydrogens is 215 g/mol. The molecule has 0 radical (unpaired) electrons. The first-order valence-electron chi connectivity index (χ1n) is 4.43. The molecule has 0 aliphatic rings. The maximum atomic E-state index is 13.3. The van der Waals surface area contributed by atoms with E-state index in [-0.39, 0.29) is 23.7 Å². The number of aldehydes is 1. The van der Waals surface area contributed by atoms with Gasteiger partial charge in [0.1, 0.15) is 0 Å². The van der Waals surface area contributed by atoms with Crippen LogP contribution in [0.15, 0.2) is 29.1 Å². The van der Waals surface area contributed by atoms with Crippen LogP contribution in [0.25, 0.3) is 0 Å². The summed E-state index contributed by atoms with van der Waals surface area (Å²) in [6.45, 7) is -0.0573. The Balaban J connectivity index is 2.17. The van der Waals surface area contributed by atoms with Crippen LogP contribution >= 0.6 is 0 Å². The fraction of sp³-hybridized carbons (Fsp3) is 0.100. The van der Waals surface area contributed by atoms with E-state index >= 15 is 0 Å². The predicted octanol–water partition coefficient (Wildman–Crippen LogP) is 1.60. The van der Waals surface area contributed by atoms with Crippen LogP contribution in [0.5, 0.6) is 5.75 Å². The highest BCUT2D eigenvalue weighted by Crippen LogP contribution is 2.21. The van der Waals surface area contributed by atoms with Gasteiger partial charge in [0.2, 0.25) is 12.2 Å². The zero-order valence-electron chi connectivity index (χ0n) is 8.09. The molecule has 2 rings (SSSR count). The maximum Gasteiger partial charge on any atom is 0.213 e. The largest absolute Gasteiger partial charge is 0.482 e. The molecule has 0 atom stereocenters. The molecule has 1 heterocycles. The first kappa shape index (κ1) is 10.3. The molecule has 0 saturated heterocycles. The fourth-order valence-corrected chi connectivity index (χ4v) is 1.16. The second kappa shape index (κ2) is 4.52. The first-order valence-corrected chi connectivity index (χ1v) is 4.43. The van der Waals surface area contributed by atoms with Gasteiger partial charge in [-0.3, -0.25) is 4.79 Å². The van der Waals surface area contributed by atoms with E-state index in [1.54, 1.807) is 0 Å². The fourth-order valence-electron chi connectivity index (χ4n) is 1.16. The van der Waals surface area contributed by atoms with Crippen molar-refractivity contribution in [3.8, 4) is 5.75 Å². The third-order valence-corrected chi connectivity index (χ3v) is 1.88. The van der Waals surface area contributed by atoms with Crippen LogP contribution in [-0.2, 0) is 6.61 Å². The summed E-state index contributed by atoms with van der Waals surface area (Å²) in [7, 11) is 0. The van der Waals surface area contributed by atoms with Crippen LogP contribution in [0.2, 0.25) is 0 Å². The lowest BCUT2D eigenvalue weighted by Gasteiger charge is -2.06. The Kier molecular flexibility index (Phi) is 2.90. The van der Waals surface area contributed by atoms with E-state index in [1.807, 2.05) is 0 Å². The third kappa shape index (κ3) is 2.05. The highest BCUT2D eigenvalue weighted by molar-refractivity contribution is 5.79. The van der Waals surface area contributed by atoms with Crippen LogP contribution in [0.3, 0.4) is 0 Å². The number of rotatable bonds is 4. The molecule has 0 aliphatic carbocycles. The lowest BCUT2D eigenvalue weighted by Crippen LogP contribution is -2.01. The minimum absolute atomic E-state index is 0.0573. The van der Waals surface area contributed by atoms with Gasteiger partial charge in [0, 0.05) is 0 Å². The number of ether oxygens (including phenoxy) is 1. The molecule has 0 N–H and O–H groups in total. The summed E-state index contributed by atoms with van der Waals surface area (Å²) in [5, 5.41) is 3.49. The van der Waals surface area contributed by atoms with E-state index in [9.17, 15) is 9.18 Å². The standard InChI is InChI=1S/C10H7FN2O3/c11-8-3-1-2-7(4-14)10(8)15-5-9-12-6-16-13-9/h1-4,6H,5H2. The average molecular weight is 222 g/mol. The molecule has 0 saturated carbocycles. The number of carbonyl (C=O) groups excluding carboxylic acids is 1. The smallest absolute Gasteiger partial charge is 0.213 e. The van der Waals surface area contributed by atoms with Gasteiger partial charge in [0.15, 0.2) is 24.5 Å². The van der Waals surface area contributed by atoms with Gasteiger partial charge in [0.05, 0.1) is 5.56 Å². The molecule has 82 valence electrons. The zero-order chi connectivity index (χ0) is 11.4. The molecule has 0 amide bonds. The van der Waals surface area contributed by atoms with Gasteiger partial charge in [-0.05, 0) is 12.1 Å². The van der Waals surface area contributed by atoms with E-state index in [1.165, 1.54) is 18.2 Å². The molecule has 0 unspecified atom stereocenters. The SMILES string of the molecule is O=Cc1cccc(F)c1OCc1ncon1. The molecule has 0 aliphatic heterocycles. The third-order valence-electron chi connectivity index (χ3n) is 1.88. The van der Waals surface area contributed by atoms with Crippen molar-refractivity contribution in [2.24, 2.45) is 0 Å². The molecule has 1 aromatic carbocycles. The Labute approximate surface area is 89.8 Å². The summed E-state index contributed by atoms with van der Waals surface area (Å²) < 4.78 is 22.9. The predicted molar refractivity (Wildman–Crippen MR) is 50.4 cm³/mol. The number of para-hydroxylation sites is 1. The Bertz CT molecular complexity index is 485. The van der Waals surface area contributed by atoms with Crippen molar-refractivity contribution in [3.05, 3.63) is 41.8 Å². The van der Waals surface area contributed by atoms with Crippen LogP contribution in [0, 0.1) is 5.82 Å². The number of hydrogen-bond donors (Lipinski definition) is 0. The molecule has 0 bridgehead atoms. The number of benzene rings is 1. The van der Waals surface area contributed by atoms with E-state index < -0.39 is 5.82 Å². The number of halogens is 1. The molecule has 0 fully saturated rings. The van der Waals surface area contributed by atoms with Crippen molar-refractivity contribution in [2.45, 2.75) is 6.61 Å². The molecule has 2 aromatic rings. The second-order valence-electron chi connectivity index (χ2n) is 2.91. The van der Waals surface area contributed by atoms with Crippen molar-refractivity contribution in [2.75, 3.05) is 0 Å². The Morgan fingerprint density at radius 3 is 3.06 bits per heavy atom. The highest BCUT2D eigenvalue weighted by Gasteiger charge is 2.10. The van der Waals surface area contributed by atoms with Crippen molar-refractivity contribution < 1.29 is 18.4 Å². The summed E-state index contributed by atoms with van der Waals surface area (Å²) >= 11 is 0. The topological polar surface area (TPSA) is 65.2 Å². The van der Waals surface area contributed by atoms with E-state index in [0.717, 1.165) is 6.39 Å². The van der Waals surface area contributed by atoms with E-state index in [0.29, 0.717) is 6.29 Å². The summed E-state index contributed by atoms with van der Waals surface area (Å²) in [5.74, 6) is -0.435. The van der Waals surface area contributed by atoms with Crippen LogP contribution in [0.4, 0.5) is 4.39 Å². The average Bonchev–Trinajstić information content (AvgIpc) is 2.80. The Morgan fingerprint density at radius 2 is 2.38 bits per heavy atom. The number of carbonyl (C=O) groups is 1. The van der Waals surface area contributed by atoms with Gasteiger partial charge in [-0.25, -0.2) is 4.39 Å². The normalized spacial score (nSPS) is 10.1. The van der Waals surface area contributed by atoms with Gasteiger partial charge in [-0.15, -0.1) is 0 Å². The van der Waals surface area contributed by atoms with Crippen LogP contribution < -0.4 is 4.74 Å². The minimum Gasteiger partial charge on any atom is -0.482 e. The highest BCUT2D eigenvalue weighted by atomic mass is 19.1. The second-order valence-corrected chi connectivity index (χ2v) is 2.91. The monoisotopic (exact) mass is 222 g/mol. The molecule has 1 aromatic heterocycles. The Morgan fingerprint density at radius 1 is 1.50 bits per heavy atom. The summed E-state index contributed by atoms with van der Waals surface area (Å²) in [6.07, 6.45) is 1.66. The van der Waals surface area contributed by atoms with Gasteiger partial charge in [-0.1, -0.05) is 11.2 Å². The summed E-state index contributed by atoms with van der Waals surface area (Å²) in [4.78, 5) is 14.3. The van der Waals surface area contributed by atoms with Crippen LogP contribution in [-0.4, -0.2) is 16.4 Å². The van der Waals surface area contributed by atoms with Crippen LogP contribution in [0.1, 0.15) is 16.2 Å². The lowest BCUT2D eigenvalue weighted by atomic mass is 10.2. The quantitative estimate of drug-likeness (QED) is 0.735. The number of aromatic nitrogens is 2. The summed E-state index contributed by atoms with van der Waals surface area (Å²) in [6, 6.07) is 4.10. The van der Waals surface area contributed by atoms with Crippen molar-refractivity contribution >= 4 is 6.29 Å². The number of hydrogen-bond acceptors (Lipinski definition) is 5. The summed E-state index contributed by atoms with van der Waals surface area (Å²) in [5.41, 5.74) is 0.142. The molecule has 0 spiro atoms. The van der Waals surface area contributed by atoms with Gasteiger partial charge in [0.25, 0.3) is 0 Å². The zero-order valence-corrected chi connectivity index (χ0v) is 8.09. The molecular formula is C10H7FN2O3. The van der Waals surface area contributed by atoms with Crippen molar-refractivity contribution in [1.29, 1.82) is 0 Å². The molecule has 5 nitrogen and oxygen atoms in total. The van der Waals surface area contributed by atoms with E-state index in [4.69, 9.17) is 4.74 Å². The maximum absolute atomic E-state index is 13.3. The first-order chi connectivity index (χ1) is 7.81. The van der Waals surface area contributed by atoms with Gasteiger partial charge < -0.3 is 9.26 Å². The van der Waals surface area contributed by atoms with E-state index in [2.05, 4.69) is 14.7 Å². The van der Waals surface area contributed by atoms with Crippen molar-refractivity contribution in [1.82, 2.24) is 10.1 Å². The molecule has 6 heteroatoms.